The molecule has 0 aliphatic heterocycles. The second-order valence-electron chi connectivity index (χ2n) is 7.07. The zero-order valence-corrected chi connectivity index (χ0v) is 15.9. The molecule has 1 aromatic rings. The number of hydrogen-bond donors (Lipinski definition) is 1. The highest BCUT2D eigenvalue weighted by Gasteiger charge is 2.52. The van der Waals surface area contributed by atoms with Crippen LogP contribution in [0.4, 0.5) is 0 Å². The van der Waals surface area contributed by atoms with Crippen LogP contribution in [-0.2, 0) is 14.9 Å². The molecule has 24 heavy (non-hydrogen) atoms. The van der Waals surface area contributed by atoms with Gasteiger partial charge >= 0.3 is 5.97 Å². The van der Waals surface area contributed by atoms with E-state index in [0.717, 1.165) is 12.1 Å². The van der Waals surface area contributed by atoms with E-state index in [1.54, 1.807) is 0 Å². The summed E-state index contributed by atoms with van der Waals surface area (Å²) in [6.45, 7) is 9.71. The highest BCUT2D eigenvalue weighted by Crippen LogP contribution is 2.44. The maximum Gasteiger partial charge on any atom is 0.316 e. The minimum absolute atomic E-state index is 0. The molecule has 0 atom stereocenters. The first-order chi connectivity index (χ1) is 10.9. The molecular formula is C19H30ClNO3. The molecule has 0 radical (unpaired) electrons. The molecule has 136 valence electrons. The van der Waals surface area contributed by atoms with Crippen LogP contribution < -0.4 is 0 Å². The lowest BCUT2D eigenvalue weighted by Gasteiger charge is -2.43. The average molecular weight is 356 g/mol. The van der Waals surface area contributed by atoms with Gasteiger partial charge in [0.25, 0.3) is 0 Å². The Kier molecular flexibility index (Phi) is 7.71. The van der Waals surface area contributed by atoms with Crippen molar-refractivity contribution in [3.8, 4) is 0 Å². The van der Waals surface area contributed by atoms with Gasteiger partial charge in [-0.25, -0.2) is 0 Å². The Hall–Kier alpha value is -1.10. The summed E-state index contributed by atoms with van der Waals surface area (Å²) in [7, 11) is 0. The van der Waals surface area contributed by atoms with Crippen molar-refractivity contribution in [1.29, 1.82) is 0 Å². The van der Waals surface area contributed by atoms with Crippen LogP contribution in [-0.4, -0.2) is 47.3 Å². The highest BCUT2D eigenvalue weighted by molar-refractivity contribution is 5.85. The number of benzene rings is 1. The maximum absolute atomic E-state index is 12.7. The van der Waals surface area contributed by atoms with Gasteiger partial charge in [-0.15, -0.1) is 12.4 Å². The van der Waals surface area contributed by atoms with Crippen molar-refractivity contribution in [3.05, 3.63) is 35.9 Å². The number of nitrogens with zero attached hydrogens (tertiary/aromatic N) is 1. The molecule has 1 aliphatic rings. The number of hydrogen-bond acceptors (Lipinski definition) is 4. The molecule has 2 rings (SSSR count). The van der Waals surface area contributed by atoms with Gasteiger partial charge in [0, 0.05) is 18.6 Å². The Morgan fingerprint density at radius 1 is 1.21 bits per heavy atom. The van der Waals surface area contributed by atoms with Crippen molar-refractivity contribution < 1.29 is 14.6 Å². The molecule has 0 heterocycles. The zero-order chi connectivity index (χ0) is 17.0. The molecule has 0 spiro atoms. The predicted octanol–water partition coefficient (Wildman–Crippen LogP) is 3.16. The second-order valence-corrected chi connectivity index (χ2v) is 7.07. The van der Waals surface area contributed by atoms with Crippen LogP contribution in [0.2, 0.25) is 0 Å². The third-order valence-electron chi connectivity index (χ3n) is 4.79. The van der Waals surface area contributed by atoms with E-state index in [1.807, 2.05) is 30.3 Å². The number of carbonyl (C=O) groups is 1. The van der Waals surface area contributed by atoms with Gasteiger partial charge in [-0.05, 0) is 46.1 Å². The Balaban J connectivity index is 0.00000288. The summed E-state index contributed by atoms with van der Waals surface area (Å²) in [6.07, 6.45) is 0.493. The summed E-state index contributed by atoms with van der Waals surface area (Å²) in [5.74, 6) is -0.207. The minimum Gasteiger partial charge on any atom is -0.464 e. The lowest BCUT2D eigenvalue weighted by atomic mass is 9.62. The number of ether oxygens (including phenoxy) is 1. The van der Waals surface area contributed by atoms with Gasteiger partial charge < -0.3 is 9.84 Å². The smallest absolute Gasteiger partial charge is 0.316 e. The lowest BCUT2D eigenvalue weighted by Crippen LogP contribution is -2.52. The van der Waals surface area contributed by atoms with E-state index in [1.165, 1.54) is 0 Å². The number of halogens is 1. The fourth-order valence-corrected chi connectivity index (χ4v) is 3.52. The molecule has 1 N–H and O–H groups in total. The van der Waals surface area contributed by atoms with Crippen LogP contribution in [0.15, 0.2) is 30.3 Å². The Morgan fingerprint density at radius 2 is 1.75 bits per heavy atom. The van der Waals surface area contributed by atoms with E-state index >= 15 is 0 Å². The SMILES string of the molecule is CC(C)N(CCOC(=O)C1(c2ccccc2)CC(O)C1)C(C)C.Cl. The summed E-state index contributed by atoms with van der Waals surface area (Å²) in [4.78, 5) is 15.0. The lowest BCUT2D eigenvalue weighted by molar-refractivity contribution is -0.160. The van der Waals surface area contributed by atoms with Crippen LogP contribution in [0.1, 0.15) is 46.1 Å². The van der Waals surface area contributed by atoms with Crippen molar-refractivity contribution in [2.45, 2.75) is 64.1 Å². The topological polar surface area (TPSA) is 49.8 Å². The summed E-state index contributed by atoms with van der Waals surface area (Å²) in [6, 6.07) is 10.5. The molecule has 1 aromatic carbocycles. The summed E-state index contributed by atoms with van der Waals surface area (Å²) in [5, 5.41) is 9.74. The van der Waals surface area contributed by atoms with Gasteiger partial charge in [0.05, 0.1) is 11.5 Å². The normalized spacial score (nSPS) is 23.1. The third-order valence-corrected chi connectivity index (χ3v) is 4.79. The molecule has 0 amide bonds. The van der Waals surface area contributed by atoms with Gasteiger partial charge in [0.15, 0.2) is 0 Å². The summed E-state index contributed by atoms with van der Waals surface area (Å²) in [5.41, 5.74) is 0.279. The predicted molar refractivity (Wildman–Crippen MR) is 98.5 cm³/mol. The summed E-state index contributed by atoms with van der Waals surface area (Å²) < 4.78 is 5.59. The Morgan fingerprint density at radius 3 is 2.21 bits per heavy atom. The number of aliphatic hydroxyl groups excluding tert-OH is 1. The van der Waals surface area contributed by atoms with Gasteiger partial charge in [-0.1, -0.05) is 30.3 Å². The largest absolute Gasteiger partial charge is 0.464 e. The molecule has 0 bridgehead atoms. The quantitative estimate of drug-likeness (QED) is 0.763. The Bertz CT molecular complexity index is 505. The molecule has 1 aliphatic carbocycles. The monoisotopic (exact) mass is 355 g/mol. The molecule has 0 aromatic heterocycles. The number of aliphatic hydroxyl groups is 1. The molecule has 0 saturated heterocycles. The zero-order valence-electron chi connectivity index (χ0n) is 15.1. The van der Waals surface area contributed by atoms with E-state index in [0.29, 0.717) is 31.5 Å². The first-order valence-electron chi connectivity index (χ1n) is 8.53. The first kappa shape index (κ1) is 20.9. The standard InChI is InChI=1S/C19H29NO3.ClH/c1-14(2)20(15(3)4)10-11-23-18(22)19(12-17(21)13-19)16-8-6-5-7-9-16;/h5-9,14-15,17,21H,10-13H2,1-4H3;1H. The van der Waals surface area contributed by atoms with Crippen molar-refractivity contribution in [2.75, 3.05) is 13.2 Å². The van der Waals surface area contributed by atoms with Gasteiger partial charge in [0.1, 0.15) is 6.61 Å². The molecular weight excluding hydrogens is 326 g/mol. The van der Waals surface area contributed by atoms with Gasteiger partial charge in [0.2, 0.25) is 0 Å². The fraction of sp³-hybridized carbons (Fsp3) is 0.632. The molecule has 4 nitrogen and oxygen atoms in total. The molecule has 0 unspecified atom stereocenters. The first-order valence-corrected chi connectivity index (χ1v) is 8.53. The molecule has 1 fully saturated rings. The third kappa shape index (κ3) is 4.50. The average Bonchev–Trinajstić information content (AvgIpc) is 2.48. The van der Waals surface area contributed by atoms with Crippen LogP contribution in [0.3, 0.4) is 0 Å². The molecule has 1 saturated carbocycles. The van der Waals surface area contributed by atoms with Crippen molar-refractivity contribution in [2.24, 2.45) is 0 Å². The van der Waals surface area contributed by atoms with Crippen molar-refractivity contribution in [1.82, 2.24) is 4.90 Å². The molecule has 5 heteroatoms. The van der Waals surface area contributed by atoms with E-state index in [9.17, 15) is 9.90 Å². The highest BCUT2D eigenvalue weighted by atomic mass is 35.5. The fourth-order valence-electron chi connectivity index (χ4n) is 3.52. The van der Waals surface area contributed by atoms with Crippen LogP contribution >= 0.6 is 12.4 Å². The van der Waals surface area contributed by atoms with Crippen molar-refractivity contribution >= 4 is 18.4 Å². The van der Waals surface area contributed by atoms with Gasteiger partial charge in [-0.2, -0.15) is 0 Å². The van der Waals surface area contributed by atoms with E-state index in [4.69, 9.17) is 4.74 Å². The second kappa shape index (κ2) is 8.84. The van der Waals surface area contributed by atoms with E-state index in [2.05, 4.69) is 32.6 Å². The van der Waals surface area contributed by atoms with E-state index < -0.39 is 11.5 Å². The number of esters is 1. The number of rotatable bonds is 7. The van der Waals surface area contributed by atoms with Gasteiger partial charge in [-0.3, -0.25) is 9.69 Å². The minimum atomic E-state index is -0.666. The van der Waals surface area contributed by atoms with Crippen LogP contribution in [0.25, 0.3) is 0 Å². The maximum atomic E-state index is 12.7. The summed E-state index contributed by atoms with van der Waals surface area (Å²) >= 11 is 0. The van der Waals surface area contributed by atoms with Crippen LogP contribution in [0.5, 0.6) is 0 Å². The van der Waals surface area contributed by atoms with E-state index in [-0.39, 0.29) is 18.4 Å². The Labute approximate surface area is 151 Å². The van der Waals surface area contributed by atoms with Crippen LogP contribution in [0, 0.1) is 0 Å². The van der Waals surface area contributed by atoms with Crippen molar-refractivity contribution in [3.63, 3.8) is 0 Å². The number of carbonyl (C=O) groups excluding carboxylic acids is 1.